The minimum Gasteiger partial charge on any atom is -0.497 e. The van der Waals surface area contributed by atoms with Crippen LogP contribution in [0.5, 0.6) is 5.75 Å². The summed E-state index contributed by atoms with van der Waals surface area (Å²) in [4.78, 5) is 9.32. The van der Waals surface area contributed by atoms with E-state index in [1.807, 2.05) is 79.7 Å². The molecule has 152 valence electrons. The molecule has 31 heavy (non-hydrogen) atoms. The van der Waals surface area contributed by atoms with Gasteiger partial charge in [0, 0.05) is 16.6 Å². The molecule has 0 bridgehead atoms. The average molecular weight is 409 g/mol. The highest BCUT2D eigenvalue weighted by Crippen LogP contribution is 2.29. The van der Waals surface area contributed by atoms with Gasteiger partial charge >= 0.3 is 0 Å². The molecule has 2 aromatic heterocycles. The standard InChI is InChI=1S/C24H19N5O2/c1-15-6-5-7-16(14-15)23-28-29-24(31-23)22-26-20-9-4-3-8-19(20)21(27-22)25-17-10-12-18(30-2)13-11-17/h3-14H,1-2H3,(H,25,26,27). The molecule has 7 nitrogen and oxygen atoms in total. The van der Waals surface area contributed by atoms with Gasteiger partial charge in [-0.3, -0.25) is 0 Å². The van der Waals surface area contributed by atoms with Crippen molar-refractivity contribution in [1.29, 1.82) is 0 Å². The highest BCUT2D eigenvalue weighted by Gasteiger charge is 2.16. The van der Waals surface area contributed by atoms with Crippen LogP contribution in [0.1, 0.15) is 5.56 Å². The molecular weight excluding hydrogens is 390 g/mol. The first kappa shape index (κ1) is 18.7. The normalized spacial score (nSPS) is 10.9. The zero-order valence-corrected chi connectivity index (χ0v) is 17.0. The smallest absolute Gasteiger partial charge is 0.286 e. The SMILES string of the molecule is COc1ccc(Nc2nc(-c3nnc(-c4cccc(C)c4)o3)nc3ccccc23)cc1. The molecule has 0 fully saturated rings. The van der Waals surface area contributed by atoms with Crippen molar-refractivity contribution in [2.45, 2.75) is 6.92 Å². The van der Waals surface area contributed by atoms with Gasteiger partial charge in [0.1, 0.15) is 11.6 Å². The van der Waals surface area contributed by atoms with E-state index in [0.717, 1.165) is 33.5 Å². The van der Waals surface area contributed by atoms with Gasteiger partial charge in [-0.2, -0.15) is 0 Å². The molecule has 0 aliphatic carbocycles. The number of methoxy groups -OCH3 is 1. The lowest BCUT2D eigenvalue weighted by Crippen LogP contribution is -1.99. The first-order valence-electron chi connectivity index (χ1n) is 9.78. The quantitative estimate of drug-likeness (QED) is 0.415. The van der Waals surface area contributed by atoms with Gasteiger partial charge in [-0.05, 0) is 55.5 Å². The van der Waals surface area contributed by atoms with Crippen LogP contribution in [-0.4, -0.2) is 27.3 Å². The van der Waals surface area contributed by atoms with Gasteiger partial charge in [-0.25, -0.2) is 9.97 Å². The molecule has 0 aliphatic heterocycles. The number of hydrogen-bond acceptors (Lipinski definition) is 7. The number of nitrogens with one attached hydrogen (secondary N) is 1. The lowest BCUT2D eigenvalue weighted by Gasteiger charge is -2.10. The maximum Gasteiger partial charge on any atom is 0.286 e. The highest BCUT2D eigenvalue weighted by molar-refractivity contribution is 5.91. The van der Waals surface area contributed by atoms with Crippen molar-refractivity contribution >= 4 is 22.4 Å². The molecule has 0 saturated carbocycles. The summed E-state index contributed by atoms with van der Waals surface area (Å²) in [6.07, 6.45) is 0. The fourth-order valence-electron chi connectivity index (χ4n) is 3.29. The predicted molar refractivity (Wildman–Crippen MR) is 119 cm³/mol. The summed E-state index contributed by atoms with van der Waals surface area (Å²) in [5.74, 6) is 2.50. The number of nitrogens with zero attached hydrogens (tertiary/aromatic N) is 4. The Balaban J connectivity index is 1.55. The zero-order chi connectivity index (χ0) is 21.2. The van der Waals surface area contributed by atoms with E-state index in [0.29, 0.717) is 17.5 Å². The van der Waals surface area contributed by atoms with E-state index in [1.165, 1.54) is 0 Å². The number of anilines is 2. The Morgan fingerprint density at radius 3 is 2.45 bits per heavy atom. The number of para-hydroxylation sites is 1. The number of hydrogen-bond donors (Lipinski definition) is 1. The largest absolute Gasteiger partial charge is 0.497 e. The van der Waals surface area contributed by atoms with Gasteiger partial charge < -0.3 is 14.5 Å². The molecule has 2 heterocycles. The number of rotatable bonds is 5. The molecule has 0 radical (unpaired) electrons. The van der Waals surface area contributed by atoms with Crippen LogP contribution in [0.25, 0.3) is 34.1 Å². The summed E-state index contributed by atoms with van der Waals surface area (Å²) in [6, 6.07) is 23.3. The van der Waals surface area contributed by atoms with Crippen LogP contribution in [0, 0.1) is 6.92 Å². The Kier molecular flexibility index (Phi) is 4.76. The van der Waals surface area contributed by atoms with Crippen molar-refractivity contribution in [1.82, 2.24) is 20.2 Å². The van der Waals surface area contributed by atoms with E-state index in [9.17, 15) is 0 Å². The molecule has 0 atom stereocenters. The maximum atomic E-state index is 5.90. The van der Waals surface area contributed by atoms with Crippen LogP contribution in [0.15, 0.2) is 77.2 Å². The Morgan fingerprint density at radius 1 is 0.839 bits per heavy atom. The molecular formula is C24H19N5O2. The monoisotopic (exact) mass is 409 g/mol. The topological polar surface area (TPSA) is 86.0 Å². The van der Waals surface area contributed by atoms with E-state index in [2.05, 4.69) is 25.5 Å². The molecule has 5 aromatic rings. The molecule has 7 heteroatoms. The highest BCUT2D eigenvalue weighted by atomic mass is 16.5. The minimum absolute atomic E-state index is 0.264. The number of aryl methyl sites for hydroxylation is 1. The Bertz CT molecular complexity index is 1360. The fraction of sp³-hybridized carbons (Fsp3) is 0.0833. The maximum absolute atomic E-state index is 5.90. The Morgan fingerprint density at radius 2 is 1.65 bits per heavy atom. The predicted octanol–water partition coefficient (Wildman–Crippen LogP) is 5.41. The number of ether oxygens (including phenoxy) is 1. The third-order valence-electron chi connectivity index (χ3n) is 4.84. The fourth-order valence-corrected chi connectivity index (χ4v) is 3.29. The second-order valence-corrected chi connectivity index (χ2v) is 7.05. The summed E-state index contributed by atoms with van der Waals surface area (Å²) in [7, 11) is 1.64. The lowest BCUT2D eigenvalue weighted by molar-refractivity contribution is 0.415. The van der Waals surface area contributed by atoms with Crippen LogP contribution < -0.4 is 10.1 Å². The minimum atomic E-state index is 0.264. The van der Waals surface area contributed by atoms with E-state index < -0.39 is 0 Å². The first-order chi connectivity index (χ1) is 15.2. The second kappa shape index (κ2) is 7.87. The van der Waals surface area contributed by atoms with Crippen molar-refractivity contribution in [2.75, 3.05) is 12.4 Å². The summed E-state index contributed by atoms with van der Waals surface area (Å²) in [5, 5.41) is 12.6. The van der Waals surface area contributed by atoms with Gasteiger partial charge in [0.2, 0.25) is 11.7 Å². The number of aromatic nitrogens is 4. The van der Waals surface area contributed by atoms with Crippen molar-refractivity contribution in [3.05, 3.63) is 78.4 Å². The van der Waals surface area contributed by atoms with E-state index in [-0.39, 0.29) is 5.89 Å². The molecule has 0 aliphatic rings. The van der Waals surface area contributed by atoms with E-state index >= 15 is 0 Å². The second-order valence-electron chi connectivity index (χ2n) is 7.05. The van der Waals surface area contributed by atoms with Gasteiger partial charge in [0.15, 0.2) is 0 Å². The van der Waals surface area contributed by atoms with Crippen molar-refractivity contribution < 1.29 is 9.15 Å². The van der Waals surface area contributed by atoms with Gasteiger partial charge in [-0.1, -0.05) is 29.8 Å². The van der Waals surface area contributed by atoms with Crippen LogP contribution in [-0.2, 0) is 0 Å². The molecule has 0 unspecified atom stereocenters. The Labute approximate surface area is 178 Å². The molecule has 0 amide bonds. The molecule has 0 saturated heterocycles. The Hall–Kier alpha value is -4.26. The van der Waals surface area contributed by atoms with Crippen molar-refractivity contribution in [3.8, 4) is 28.9 Å². The van der Waals surface area contributed by atoms with E-state index in [1.54, 1.807) is 7.11 Å². The molecule has 0 spiro atoms. The number of benzene rings is 3. The molecule has 5 rings (SSSR count). The first-order valence-corrected chi connectivity index (χ1v) is 9.78. The van der Waals surface area contributed by atoms with Crippen LogP contribution in [0.3, 0.4) is 0 Å². The zero-order valence-electron chi connectivity index (χ0n) is 17.0. The van der Waals surface area contributed by atoms with Crippen LogP contribution in [0.2, 0.25) is 0 Å². The molecule has 3 aromatic carbocycles. The number of fused-ring (bicyclic) bond motifs is 1. The summed E-state index contributed by atoms with van der Waals surface area (Å²) < 4.78 is 11.1. The lowest BCUT2D eigenvalue weighted by atomic mass is 10.1. The van der Waals surface area contributed by atoms with Crippen molar-refractivity contribution in [3.63, 3.8) is 0 Å². The van der Waals surface area contributed by atoms with E-state index in [4.69, 9.17) is 9.15 Å². The summed E-state index contributed by atoms with van der Waals surface area (Å²) in [5.41, 5.74) is 3.63. The summed E-state index contributed by atoms with van der Waals surface area (Å²) >= 11 is 0. The van der Waals surface area contributed by atoms with Gasteiger partial charge in [0.05, 0.1) is 12.6 Å². The third-order valence-corrected chi connectivity index (χ3v) is 4.84. The van der Waals surface area contributed by atoms with Crippen LogP contribution >= 0.6 is 0 Å². The van der Waals surface area contributed by atoms with Crippen molar-refractivity contribution in [2.24, 2.45) is 0 Å². The third kappa shape index (κ3) is 3.81. The molecule has 1 N–H and O–H groups in total. The average Bonchev–Trinajstić information content (AvgIpc) is 3.30. The van der Waals surface area contributed by atoms with Gasteiger partial charge in [-0.15, -0.1) is 10.2 Å². The summed E-state index contributed by atoms with van der Waals surface area (Å²) in [6.45, 7) is 2.02. The van der Waals surface area contributed by atoms with Crippen LogP contribution in [0.4, 0.5) is 11.5 Å². The van der Waals surface area contributed by atoms with Gasteiger partial charge in [0.25, 0.3) is 5.89 Å².